The Morgan fingerprint density at radius 2 is 1.25 bits per heavy atom. The number of aromatic hydroxyl groups is 3. The van der Waals surface area contributed by atoms with E-state index in [4.69, 9.17) is 42.3 Å². The van der Waals surface area contributed by atoms with Crippen molar-refractivity contribution in [3.63, 3.8) is 0 Å². The highest BCUT2D eigenvalue weighted by molar-refractivity contribution is 5.89. The van der Waals surface area contributed by atoms with Crippen LogP contribution in [-0.4, -0.2) is 181 Å². The minimum Gasteiger partial charge on any atom is -0.508 e. The fraction of sp³-hybridized carbons (Fsp3) is 0.500. The largest absolute Gasteiger partial charge is 0.508 e. The molecule has 22 heteroatoms. The number of methoxy groups -OCH3 is 2. The standard InChI is InChI=1S/C42H50O22/c1-56-22-8-3-16(9-24(22)57-2)13-58-14-26-32(50)35(53)40(64-42-37(55)34(52)31(49)27(63-42)15-59-41-36(54)33(51)30(48)25(12-43)62-41)39(61-26)29-20(46)10-19(45)28-21(47)11-23(60-38(28)29)17-4-6-18(44)7-5-17/h3-11,25-27,30-37,39-46,48-55H,12-15H2,1-2H3/t25-,26-,27-,30-,31+,32-,33+,34+,35+,36-,37-,39+,40-,41-,42+/m1/s1. The Balaban J connectivity index is 1.22. The van der Waals surface area contributed by atoms with Gasteiger partial charge in [-0.2, -0.15) is 0 Å². The van der Waals surface area contributed by atoms with Gasteiger partial charge in [0.15, 0.2) is 35.1 Å². The van der Waals surface area contributed by atoms with Crippen LogP contribution in [0.25, 0.3) is 22.3 Å². The average molecular weight is 907 g/mol. The van der Waals surface area contributed by atoms with Crippen LogP contribution in [0.1, 0.15) is 17.2 Å². The van der Waals surface area contributed by atoms with E-state index in [1.165, 1.54) is 38.5 Å². The third kappa shape index (κ3) is 9.35. The normalized spacial score (nSPS) is 33.3. The Kier molecular flexibility index (Phi) is 14.6. The molecule has 0 saturated carbocycles. The van der Waals surface area contributed by atoms with Crippen LogP contribution in [0.4, 0.5) is 0 Å². The molecule has 4 heterocycles. The molecule has 7 rings (SSSR count). The number of hydrogen-bond donors (Lipinski definition) is 12. The minimum absolute atomic E-state index is 0.0687. The fourth-order valence-corrected chi connectivity index (χ4v) is 7.81. The monoisotopic (exact) mass is 906 g/mol. The van der Waals surface area contributed by atoms with Crippen molar-refractivity contribution >= 4 is 11.0 Å². The number of fused-ring (bicyclic) bond motifs is 1. The first-order chi connectivity index (χ1) is 30.6. The second-order valence-corrected chi connectivity index (χ2v) is 15.5. The Labute approximate surface area is 362 Å². The Bertz CT molecular complexity index is 2270. The average Bonchev–Trinajstić information content (AvgIpc) is 3.28. The van der Waals surface area contributed by atoms with Crippen molar-refractivity contribution in [3.05, 3.63) is 75.9 Å². The van der Waals surface area contributed by atoms with Gasteiger partial charge in [-0.1, -0.05) is 6.07 Å². The summed E-state index contributed by atoms with van der Waals surface area (Å²) in [6.45, 7) is -2.00. The molecule has 15 atom stereocenters. The molecule has 1 aromatic heterocycles. The van der Waals surface area contributed by atoms with E-state index in [0.29, 0.717) is 17.1 Å². The van der Waals surface area contributed by atoms with Crippen molar-refractivity contribution in [2.45, 2.75) is 98.5 Å². The summed E-state index contributed by atoms with van der Waals surface area (Å²) >= 11 is 0. The van der Waals surface area contributed by atoms with E-state index in [1.54, 1.807) is 18.2 Å². The van der Waals surface area contributed by atoms with Gasteiger partial charge < -0.3 is 104 Å². The van der Waals surface area contributed by atoms with Gasteiger partial charge in [0, 0.05) is 17.7 Å². The van der Waals surface area contributed by atoms with Gasteiger partial charge >= 0.3 is 0 Å². The molecule has 22 nitrogen and oxygen atoms in total. The van der Waals surface area contributed by atoms with E-state index in [-0.39, 0.29) is 23.7 Å². The summed E-state index contributed by atoms with van der Waals surface area (Å²) in [6.07, 6.45) is -27.1. The molecule has 0 aliphatic carbocycles. The smallest absolute Gasteiger partial charge is 0.197 e. The van der Waals surface area contributed by atoms with E-state index < -0.39 is 145 Å². The van der Waals surface area contributed by atoms with Gasteiger partial charge in [0.2, 0.25) is 0 Å². The van der Waals surface area contributed by atoms with Crippen LogP contribution in [0.2, 0.25) is 0 Å². The maximum absolute atomic E-state index is 13.6. The number of benzene rings is 3. The molecule has 0 bridgehead atoms. The Morgan fingerprint density at radius 1 is 0.625 bits per heavy atom. The first-order valence-corrected chi connectivity index (χ1v) is 20.0. The predicted molar refractivity (Wildman–Crippen MR) is 213 cm³/mol. The number of ether oxygens (including phenoxy) is 8. The molecule has 64 heavy (non-hydrogen) atoms. The maximum Gasteiger partial charge on any atom is 0.197 e. The summed E-state index contributed by atoms with van der Waals surface area (Å²) in [6, 6.07) is 12.4. The lowest BCUT2D eigenvalue weighted by Gasteiger charge is -2.47. The van der Waals surface area contributed by atoms with Crippen LogP contribution >= 0.6 is 0 Å². The van der Waals surface area contributed by atoms with Crippen molar-refractivity contribution < 1.29 is 104 Å². The summed E-state index contributed by atoms with van der Waals surface area (Å²) in [4.78, 5) is 13.6. The lowest BCUT2D eigenvalue weighted by atomic mass is 9.89. The fourth-order valence-electron chi connectivity index (χ4n) is 7.81. The molecule has 4 aromatic rings. The Morgan fingerprint density at radius 3 is 1.92 bits per heavy atom. The summed E-state index contributed by atoms with van der Waals surface area (Å²) < 4.78 is 51.7. The molecule has 0 unspecified atom stereocenters. The van der Waals surface area contributed by atoms with Crippen LogP contribution in [-0.2, 0) is 35.0 Å². The highest BCUT2D eigenvalue weighted by Gasteiger charge is 2.53. The summed E-state index contributed by atoms with van der Waals surface area (Å²) in [7, 11) is 2.92. The van der Waals surface area contributed by atoms with E-state index in [9.17, 15) is 66.1 Å². The van der Waals surface area contributed by atoms with Crippen molar-refractivity contribution in [1.82, 2.24) is 0 Å². The van der Waals surface area contributed by atoms with E-state index in [1.807, 2.05) is 0 Å². The third-order valence-corrected chi connectivity index (χ3v) is 11.4. The van der Waals surface area contributed by atoms with Crippen LogP contribution in [0.5, 0.6) is 28.7 Å². The molecule has 0 amide bonds. The SMILES string of the molecule is COc1ccc(COC[C@H]2O[C@@H](c3c(O)cc(O)c4c(=O)cc(-c5ccc(O)cc5)oc34)[C@H](O[C@@H]3O[C@H](CO[C@@H]4O[C@H](CO)[C@@H](O)[C@H](O)[C@H]4O)[C@H](O)[C@H](O)[C@H]3O)[C@@H](O)[C@@H]2O)cc1OC. The second kappa shape index (κ2) is 19.8. The van der Waals surface area contributed by atoms with Crippen LogP contribution in [0.3, 0.4) is 0 Å². The van der Waals surface area contributed by atoms with Gasteiger partial charge in [-0.25, -0.2) is 0 Å². The van der Waals surface area contributed by atoms with Crippen LogP contribution in [0.15, 0.2) is 63.8 Å². The van der Waals surface area contributed by atoms with E-state index in [2.05, 4.69) is 0 Å². The molecule has 3 aromatic carbocycles. The van der Waals surface area contributed by atoms with Crippen LogP contribution < -0.4 is 14.9 Å². The highest BCUT2D eigenvalue weighted by Crippen LogP contribution is 2.46. The van der Waals surface area contributed by atoms with Gasteiger partial charge in [-0.15, -0.1) is 0 Å². The zero-order valence-electron chi connectivity index (χ0n) is 34.1. The molecule has 350 valence electrons. The lowest BCUT2D eigenvalue weighted by Crippen LogP contribution is -2.63. The molecule has 0 radical (unpaired) electrons. The Hall–Kier alpha value is -4.73. The zero-order chi connectivity index (χ0) is 46.1. The number of aliphatic hydroxyl groups excluding tert-OH is 9. The minimum atomic E-state index is -2.09. The molecule has 3 aliphatic rings. The van der Waals surface area contributed by atoms with Gasteiger partial charge in [0.25, 0.3) is 0 Å². The van der Waals surface area contributed by atoms with Gasteiger partial charge in [-0.05, 0) is 42.0 Å². The van der Waals surface area contributed by atoms with Crippen molar-refractivity contribution in [3.8, 4) is 40.1 Å². The van der Waals surface area contributed by atoms with Gasteiger partial charge in [0.1, 0.15) is 108 Å². The van der Waals surface area contributed by atoms with Crippen molar-refractivity contribution in [1.29, 1.82) is 0 Å². The van der Waals surface area contributed by atoms with E-state index >= 15 is 0 Å². The van der Waals surface area contributed by atoms with Crippen molar-refractivity contribution in [2.75, 3.05) is 34.0 Å². The number of phenols is 3. The topological polar surface area (TPSA) is 347 Å². The van der Waals surface area contributed by atoms with Gasteiger partial charge in [0.05, 0.1) is 46.2 Å². The highest BCUT2D eigenvalue weighted by atomic mass is 16.7. The molecule has 3 fully saturated rings. The summed E-state index contributed by atoms with van der Waals surface area (Å²) in [5.41, 5.74) is -0.771. The number of hydrogen-bond acceptors (Lipinski definition) is 22. The molecular weight excluding hydrogens is 856 g/mol. The second-order valence-electron chi connectivity index (χ2n) is 15.5. The lowest BCUT2D eigenvalue weighted by molar-refractivity contribution is -0.353. The van der Waals surface area contributed by atoms with Crippen LogP contribution in [0, 0.1) is 0 Å². The molecular formula is C42H50O22. The molecule has 3 saturated heterocycles. The summed E-state index contributed by atoms with van der Waals surface area (Å²) in [5, 5.41) is 129. The number of phenolic OH excluding ortho intramolecular Hbond substituents is 3. The maximum atomic E-state index is 13.6. The summed E-state index contributed by atoms with van der Waals surface area (Å²) in [5.74, 6) is -0.804. The molecule has 3 aliphatic heterocycles. The molecule has 12 N–H and O–H groups in total. The van der Waals surface area contributed by atoms with E-state index in [0.717, 1.165) is 12.1 Å². The quantitative estimate of drug-likeness (QED) is 0.0650. The zero-order valence-corrected chi connectivity index (χ0v) is 34.1. The molecule has 0 spiro atoms. The predicted octanol–water partition coefficient (Wildman–Crippen LogP) is -2.02. The first kappa shape index (κ1) is 47.2. The number of rotatable bonds is 14. The third-order valence-electron chi connectivity index (χ3n) is 11.4. The van der Waals surface area contributed by atoms with Gasteiger partial charge in [-0.3, -0.25) is 4.79 Å². The number of aliphatic hydroxyl groups is 9. The van der Waals surface area contributed by atoms with Crippen molar-refractivity contribution in [2.24, 2.45) is 0 Å². The first-order valence-electron chi connectivity index (χ1n) is 20.0.